The van der Waals surface area contributed by atoms with Crippen LogP contribution in [0.15, 0.2) is 36.5 Å². The Labute approximate surface area is 108 Å². The maximum absolute atomic E-state index is 4.93. The molecule has 0 fully saturated rings. The van der Waals surface area contributed by atoms with Crippen LogP contribution in [-0.4, -0.2) is 45.5 Å². The third-order valence-electron chi connectivity index (χ3n) is 0.607. The van der Waals surface area contributed by atoms with Crippen molar-refractivity contribution in [1.82, 2.24) is 0 Å². The van der Waals surface area contributed by atoms with Crippen molar-refractivity contribution >= 4 is 45.5 Å². The van der Waals surface area contributed by atoms with E-state index in [1.165, 1.54) is 12.2 Å². The van der Waals surface area contributed by atoms with Crippen molar-refractivity contribution in [2.45, 2.75) is 13.8 Å². The van der Waals surface area contributed by atoms with E-state index >= 15 is 0 Å². The summed E-state index contributed by atoms with van der Waals surface area (Å²) in [7, 11) is 0. The van der Waals surface area contributed by atoms with Gasteiger partial charge in [-0.3, -0.25) is 13.2 Å². The fourth-order valence-electron chi connectivity index (χ4n) is 0.222. The van der Waals surface area contributed by atoms with Gasteiger partial charge in [-0.05, 0) is 0 Å². The van der Waals surface area contributed by atoms with Crippen LogP contribution >= 0.6 is 0 Å². The predicted molar refractivity (Wildman–Crippen MR) is 53.1 cm³/mol. The topological polar surface area (TPSA) is 0 Å². The molecular weight excluding hydrogens is 208 g/mol. The Hall–Kier alpha value is 0.441. The smallest absolute Gasteiger partial charge is 0.293 e. The van der Waals surface area contributed by atoms with Crippen LogP contribution in [0.5, 0.6) is 0 Å². The van der Waals surface area contributed by atoms with E-state index in [1.54, 1.807) is 12.2 Å². The molecule has 0 rings (SSSR count). The van der Waals surface area contributed by atoms with Crippen LogP contribution in [0, 0.1) is 13.2 Å². The molecule has 0 bridgehead atoms. The van der Waals surface area contributed by atoms with Crippen LogP contribution in [0.4, 0.5) is 0 Å². The van der Waals surface area contributed by atoms with Gasteiger partial charge in [0.1, 0.15) is 0 Å². The molecule has 0 saturated carbocycles. The van der Waals surface area contributed by atoms with Gasteiger partial charge >= 0.3 is 45.5 Å². The molecule has 0 aromatic rings. The van der Waals surface area contributed by atoms with Gasteiger partial charge in [-0.2, -0.15) is 12.2 Å². The average Bonchev–Trinajstić information content (AvgIpc) is 1.93. The van der Waals surface area contributed by atoms with E-state index in [0.29, 0.717) is 0 Å². The summed E-state index contributed by atoms with van der Waals surface area (Å²) in [6, 6.07) is 0. The minimum atomic E-state index is 0. The van der Waals surface area contributed by atoms with Gasteiger partial charge < -0.3 is 0 Å². The Kier molecular flexibility index (Phi) is 35.7. The fraction of sp³-hybridized carbons (Fsp3) is 0.200. The molecule has 1 heteroatoms. The molecule has 0 nitrogen and oxygen atoms in total. The number of rotatable bonds is 2. The molecular formula is C10H14Sr. The first-order valence-corrected chi connectivity index (χ1v) is 3.15. The Morgan fingerprint density at radius 1 is 0.818 bits per heavy atom. The number of hydrogen-bond donors (Lipinski definition) is 0. The van der Waals surface area contributed by atoms with Crippen molar-refractivity contribution in [3.63, 3.8) is 0 Å². The van der Waals surface area contributed by atoms with Gasteiger partial charge in [0.2, 0.25) is 0 Å². The monoisotopic (exact) mass is 222 g/mol. The van der Waals surface area contributed by atoms with Gasteiger partial charge in [0.15, 0.2) is 0 Å². The second-order valence-corrected chi connectivity index (χ2v) is 1.44. The molecule has 0 N–H and O–H groups in total. The van der Waals surface area contributed by atoms with Gasteiger partial charge in [0.05, 0.1) is 0 Å². The van der Waals surface area contributed by atoms with Gasteiger partial charge in [0.25, 0.3) is 0 Å². The fourth-order valence-corrected chi connectivity index (χ4v) is 0.222. The average molecular weight is 222 g/mol. The first-order chi connectivity index (χ1) is 4.83. The Morgan fingerprint density at radius 2 is 1.09 bits per heavy atom. The summed E-state index contributed by atoms with van der Waals surface area (Å²) in [6.45, 7) is 13.7. The second kappa shape index (κ2) is 22.4. The van der Waals surface area contributed by atoms with Crippen molar-refractivity contribution < 1.29 is 0 Å². The standard InChI is InChI=1S/2C5H7.Sr/c2*1-3-5-4-2;/h2*1,3-5H,2H3;/q2*-1;+2/b2*5-4+;. The molecule has 0 aliphatic rings. The van der Waals surface area contributed by atoms with Gasteiger partial charge in [-0.25, -0.2) is 24.3 Å². The molecule has 0 saturated heterocycles. The molecule has 0 aliphatic heterocycles. The molecule has 0 aromatic heterocycles. The van der Waals surface area contributed by atoms with Crippen LogP contribution < -0.4 is 0 Å². The minimum Gasteiger partial charge on any atom is -0.293 e. The van der Waals surface area contributed by atoms with Crippen LogP contribution in [-0.2, 0) is 0 Å². The zero-order chi connectivity index (χ0) is 8.24. The predicted octanol–water partition coefficient (Wildman–Crippen LogP) is 2.72. The number of hydrogen-bond acceptors (Lipinski definition) is 0. The Balaban J connectivity index is -0.000000107. The van der Waals surface area contributed by atoms with Crippen molar-refractivity contribution in [2.24, 2.45) is 0 Å². The molecule has 0 radical (unpaired) electrons. The van der Waals surface area contributed by atoms with E-state index in [1.807, 2.05) is 26.0 Å². The Bertz CT molecular complexity index is 105. The third kappa shape index (κ3) is 37.7. The summed E-state index contributed by atoms with van der Waals surface area (Å²) in [4.78, 5) is 0. The van der Waals surface area contributed by atoms with Crippen LogP contribution in [0.25, 0.3) is 0 Å². The first-order valence-electron chi connectivity index (χ1n) is 3.15. The van der Waals surface area contributed by atoms with E-state index in [2.05, 4.69) is 0 Å². The molecule has 0 unspecified atom stereocenters. The molecule has 0 aliphatic carbocycles. The maximum atomic E-state index is 4.93. The zero-order valence-electron chi connectivity index (χ0n) is 7.33. The molecule has 0 aromatic carbocycles. The maximum Gasteiger partial charge on any atom is 2.00 e. The van der Waals surface area contributed by atoms with Crippen molar-refractivity contribution in [3.8, 4) is 0 Å². The van der Waals surface area contributed by atoms with E-state index in [4.69, 9.17) is 13.2 Å². The molecule has 0 spiro atoms. The summed E-state index contributed by atoms with van der Waals surface area (Å²) < 4.78 is 0. The SMILES string of the molecule is [CH-]=C/C=C/C.[CH-]=C/C=C/C.[Sr+2]. The zero-order valence-corrected chi connectivity index (χ0v) is 10.8. The van der Waals surface area contributed by atoms with E-state index in [-0.39, 0.29) is 45.5 Å². The molecule has 0 atom stereocenters. The molecule has 0 heterocycles. The summed E-state index contributed by atoms with van der Waals surface area (Å²) in [6.07, 6.45) is 10.3. The van der Waals surface area contributed by atoms with E-state index in [9.17, 15) is 0 Å². The minimum absolute atomic E-state index is 0. The van der Waals surface area contributed by atoms with Crippen molar-refractivity contribution in [2.75, 3.05) is 0 Å². The molecule has 0 amide bonds. The van der Waals surface area contributed by atoms with Gasteiger partial charge in [-0.1, -0.05) is 13.8 Å². The van der Waals surface area contributed by atoms with E-state index < -0.39 is 0 Å². The van der Waals surface area contributed by atoms with Crippen LogP contribution in [0.1, 0.15) is 13.8 Å². The first kappa shape index (κ1) is 17.5. The third-order valence-corrected chi connectivity index (χ3v) is 0.607. The van der Waals surface area contributed by atoms with Crippen molar-refractivity contribution in [1.29, 1.82) is 0 Å². The largest absolute Gasteiger partial charge is 2.00 e. The summed E-state index contributed by atoms with van der Waals surface area (Å²) in [5.41, 5.74) is 0. The molecule has 56 valence electrons. The van der Waals surface area contributed by atoms with Gasteiger partial charge in [-0.15, -0.1) is 0 Å². The summed E-state index contributed by atoms with van der Waals surface area (Å²) in [5.74, 6) is 0. The number of allylic oxidation sites excluding steroid dienone is 6. The van der Waals surface area contributed by atoms with E-state index in [0.717, 1.165) is 0 Å². The second-order valence-electron chi connectivity index (χ2n) is 1.44. The van der Waals surface area contributed by atoms with Crippen LogP contribution in [0.3, 0.4) is 0 Å². The summed E-state index contributed by atoms with van der Waals surface area (Å²) in [5, 5.41) is 0. The van der Waals surface area contributed by atoms with Crippen LogP contribution in [0.2, 0.25) is 0 Å². The quantitative estimate of drug-likeness (QED) is 0.382. The molecule has 11 heavy (non-hydrogen) atoms. The Morgan fingerprint density at radius 3 is 1.09 bits per heavy atom. The van der Waals surface area contributed by atoms with Gasteiger partial charge in [0, 0.05) is 0 Å². The summed E-state index contributed by atoms with van der Waals surface area (Å²) >= 11 is 0. The van der Waals surface area contributed by atoms with Crippen molar-refractivity contribution in [3.05, 3.63) is 49.6 Å². The normalized spacial score (nSPS) is 8.18.